The van der Waals surface area contributed by atoms with Crippen LogP contribution in [-0.4, -0.2) is 32.3 Å². The number of halogens is 1. The van der Waals surface area contributed by atoms with Crippen molar-refractivity contribution in [3.05, 3.63) is 28.3 Å². The Morgan fingerprint density at radius 3 is 2.26 bits per heavy atom. The fraction of sp³-hybridized carbons (Fsp3) is 0.417. The SMILES string of the molecule is CCN(CC)C(=O)c1cc(S(N)(=O)=O)cc(Cl)c1C. The fourth-order valence-corrected chi connectivity index (χ4v) is 2.57. The third-order valence-electron chi connectivity index (χ3n) is 2.93. The minimum absolute atomic E-state index is 0.154. The Kier molecular flexibility index (Phi) is 4.95. The van der Waals surface area contributed by atoms with Gasteiger partial charge in [0.25, 0.3) is 5.91 Å². The predicted octanol–water partition coefficient (Wildman–Crippen LogP) is 1.78. The Morgan fingerprint density at radius 2 is 1.84 bits per heavy atom. The van der Waals surface area contributed by atoms with Crippen molar-refractivity contribution in [2.45, 2.75) is 25.7 Å². The number of primary sulfonamides is 1. The van der Waals surface area contributed by atoms with Crippen LogP contribution in [0.5, 0.6) is 0 Å². The summed E-state index contributed by atoms with van der Waals surface area (Å²) in [5, 5.41) is 5.28. The van der Waals surface area contributed by atoms with Crippen molar-refractivity contribution < 1.29 is 13.2 Å². The van der Waals surface area contributed by atoms with Crippen molar-refractivity contribution in [1.82, 2.24) is 4.90 Å². The Morgan fingerprint density at radius 1 is 1.32 bits per heavy atom. The molecule has 1 rings (SSSR count). The molecule has 0 bridgehead atoms. The molecule has 1 amide bonds. The van der Waals surface area contributed by atoms with Crippen LogP contribution in [0.2, 0.25) is 5.02 Å². The molecule has 1 aromatic rings. The zero-order valence-corrected chi connectivity index (χ0v) is 12.7. The van der Waals surface area contributed by atoms with Crippen molar-refractivity contribution in [2.75, 3.05) is 13.1 Å². The average Bonchev–Trinajstić information content (AvgIpc) is 2.32. The van der Waals surface area contributed by atoms with E-state index in [4.69, 9.17) is 16.7 Å². The van der Waals surface area contributed by atoms with Crippen molar-refractivity contribution in [3.8, 4) is 0 Å². The molecular formula is C12H17ClN2O3S. The molecule has 0 atom stereocenters. The maximum absolute atomic E-state index is 12.3. The van der Waals surface area contributed by atoms with Gasteiger partial charge < -0.3 is 4.90 Å². The van der Waals surface area contributed by atoms with E-state index in [1.54, 1.807) is 11.8 Å². The van der Waals surface area contributed by atoms with Gasteiger partial charge in [0.2, 0.25) is 10.0 Å². The van der Waals surface area contributed by atoms with Gasteiger partial charge in [-0.1, -0.05) is 11.6 Å². The molecule has 0 saturated carbocycles. The number of sulfonamides is 1. The summed E-state index contributed by atoms with van der Waals surface area (Å²) in [6, 6.07) is 2.53. The van der Waals surface area contributed by atoms with Crippen LogP contribution in [0, 0.1) is 6.92 Å². The summed E-state index contributed by atoms with van der Waals surface area (Å²) in [4.78, 5) is 13.7. The summed E-state index contributed by atoms with van der Waals surface area (Å²) in [5.41, 5.74) is 0.811. The minimum Gasteiger partial charge on any atom is -0.339 e. The first kappa shape index (κ1) is 15.9. The van der Waals surface area contributed by atoms with Crippen LogP contribution in [0.3, 0.4) is 0 Å². The molecule has 0 aromatic heterocycles. The summed E-state index contributed by atoms with van der Waals surface area (Å²) in [6.45, 7) is 6.44. The first-order chi connectivity index (χ1) is 8.72. The highest BCUT2D eigenvalue weighted by Gasteiger charge is 2.20. The Labute approximate surface area is 118 Å². The number of carbonyl (C=O) groups is 1. The molecule has 0 radical (unpaired) electrons. The first-order valence-electron chi connectivity index (χ1n) is 5.84. The van der Waals surface area contributed by atoms with Gasteiger partial charge in [0, 0.05) is 23.7 Å². The molecular weight excluding hydrogens is 288 g/mol. The van der Waals surface area contributed by atoms with Crippen LogP contribution in [0.1, 0.15) is 29.8 Å². The molecule has 0 saturated heterocycles. The second-order valence-electron chi connectivity index (χ2n) is 4.10. The van der Waals surface area contributed by atoms with Crippen LogP contribution >= 0.6 is 11.6 Å². The first-order valence-corrected chi connectivity index (χ1v) is 7.77. The Hall–Kier alpha value is -1.11. The van der Waals surface area contributed by atoms with Gasteiger partial charge in [0.15, 0.2) is 0 Å². The van der Waals surface area contributed by atoms with Crippen LogP contribution < -0.4 is 5.14 Å². The van der Waals surface area contributed by atoms with E-state index in [-0.39, 0.29) is 21.4 Å². The third-order valence-corrected chi connectivity index (χ3v) is 4.21. The van der Waals surface area contributed by atoms with E-state index in [2.05, 4.69) is 0 Å². The van der Waals surface area contributed by atoms with Gasteiger partial charge in [-0.05, 0) is 38.5 Å². The topological polar surface area (TPSA) is 80.5 Å². The summed E-state index contributed by atoms with van der Waals surface area (Å²) in [6.07, 6.45) is 0. The lowest BCUT2D eigenvalue weighted by Crippen LogP contribution is -2.31. The number of rotatable bonds is 4. The van der Waals surface area contributed by atoms with Crippen LogP contribution in [-0.2, 0) is 10.0 Å². The van der Waals surface area contributed by atoms with E-state index in [9.17, 15) is 13.2 Å². The minimum atomic E-state index is -3.89. The second kappa shape index (κ2) is 5.90. The summed E-state index contributed by atoms with van der Waals surface area (Å²) < 4.78 is 22.7. The molecule has 0 unspecified atom stereocenters. The largest absolute Gasteiger partial charge is 0.339 e. The number of hydrogen-bond acceptors (Lipinski definition) is 3. The van der Waals surface area contributed by atoms with E-state index in [1.165, 1.54) is 12.1 Å². The highest BCUT2D eigenvalue weighted by molar-refractivity contribution is 7.89. The average molecular weight is 305 g/mol. The lowest BCUT2D eigenvalue weighted by atomic mass is 10.1. The maximum atomic E-state index is 12.3. The van der Waals surface area contributed by atoms with Crippen molar-refractivity contribution in [1.29, 1.82) is 0 Å². The summed E-state index contributed by atoms with van der Waals surface area (Å²) in [5.74, 6) is -0.255. The molecule has 0 aliphatic carbocycles. The summed E-state index contributed by atoms with van der Waals surface area (Å²) >= 11 is 5.97. The number of benzene rings is 1. The van der Waals surface area contributed by atoms with Gasteiger partial charge in [0.1, 0.15) is 0 Å². The van der Waals surface area contributed by atoms with Gasteiger partial charge in [-0.25, -0.2) is 13.6 Å². The number of amides is 1. The number of hydrogen-bond donors (Lipinski definition) is 1. The van der Waals surface area contributed by atoms with Crippen molar-refractivity contribution >= 4 is 27.5 Å². The van der Waals surface area contributed by atoms with E-state index in [0.29, 0.717) is 18.7 Å². The molecule has 1 aromatic carbocycles. The van der Waals surface area contributed by atoms with E-state index in [0.717, 1.165) is 0 Å². The van der Waals surface area contributed by atoms with Crippen LogP contribution in [0.4, 0.5) is 0 Å². The van der Waals surface area contributed by atoms with Crippen molar-refractivity contribution in [2.24, 2.45) is 5.14 Å². The standard InChI is InChI=1S/C12H17ClN2O3S/c1-4-15(5-2)12(16)10-6-9(19(14,17)18)7-11(13)8(10)3/h6-7H,4-5H2,1-3H3,(H2,14,17,18). The van der Waals surface area contributed by atoms with Gasteiger partial charge in [0.05, 0.1) is 4.90 Å². The maximum Gasteiger partial charge on any atom is 0.254 e. The number of nitrogens with two attached hydrogens (primary N) is 1. The normalized spacial score (nSPS) is 11.4. The van der Waals surface area contributed by atoms with Gasteiger partial charge in [-0.15, -0.1) is 0 Å². The van der Waals surface area contributed by atoms with E-state index >= 15 is 0 Å². The highest BCUT2D eigenvalue weighted by atomic mass is 35.5. The zero-order chi connectivity index (χ0) is 14.8. The summed E-state index contributed by atoms with van der Waals surface area (Å²) in [7, 11) is -3.89. The quantitative estimate of drug-likeness (QED) is 0.920. The van der Waals surface area contributed by atoms with Gasteiger partial charge >= 0.3 is 0 Å². The monoisotopic (exact) mass is 304 g/mol. The van der Waals surface area contributed by atoms with E-state index < -0.39 is 10.0 Å². The molecule has 5 nitrogen and oxygen atoms in total. The lowest BCUT2D eigenvalue weighted by Gasteiger charge is -2.20. The van der Waals surface area contributed by atoms with Crippen molar-refractivity contribution in [3.63, 3.8) is 0 Å². The number of nitrogens with zero attached hydrogens (tertiary/aromatic N) is 1. The van der Waals surface area contributed by atoms with Gasteiger partial charge in [-0.2, -0.15) is 0 Å². The molecule has 0 aliphatic rings. The second-order valence-corrected chi connectivity index (χ2v) is 6.07. The highest BCUT2D eigenvalue weighted by Crippen LogP contribution is 2.25. The van der Waals surface area contributed by atoms with E-state index in [1.807, 2.05) is 13.8 Å². The van der Waals surface area contributed by atoms with Crippen LogP contribution in [0.25, 0.3) is 0 Å². The molecule has 2 N–H and O–H groups in total. The molecule has 106 valence electrons. The molecule has 0 spiro atoms. The number of carbonyl (C=O) groups excluding carboxylic acids is 1. The zero-order valence-electron chi connectivity index (χ0n) is 11.1. The predicted molar refractivity (Wildman–Crippen MR) is 74.8 cm³/mol. The molecule has 19 heavy (non-hydrogen) atoms. The fourth-order valence-electron chi connectivity index (χ4n) is 1.72. The van der Waals surface area contributed by atoms with Crippen LogP contribution in [0.15, 0.2) is 17.0 Å². The Bertz CT molecular complexity index is 595. The third kappa shape index (κ3) is 3.46. The molecule has 0 heterocycles. The van der Waals surface area contributed by atoms with Gasteiger partial charge in [-0.3, -0.25) is 4.79 Å². The Balaban J connectivity index is 3.43. The lowest BCUT2D eigenvalue weighted by molar-refractivity contribution is 0.0772. The molecule has 0 aliphatic heterocycles. The molecule has 7 heteroatoms. The molecule has 0 fully saturated rings. The smallest absolute Gasteiger partial charge is 0.254 e.